The maximum Gasteiger partial charge on any atom is 0.180 e. The highest BCUT2D eigenvalue weighted by atomic mass is 35.5. The molecular weight excluding hydrogens is 387 g/mol. The Bertz CT molecular complexity index is 696. The van der Waals surface area contributed by atoms with Gasteiger partial charge in [-0.25, -0.2) is 0 Å². The fourth-order valence-electron chi connectivity index (χ4n) is 2.53. The van der Waals surface area contributed by atoms with Crippen LogP contribution in [0.5, 0.6) is 11.5 Å². The standard InChI is InChI=1S/C20H26Cl2N2O3/c1-26-19-12-16(13-24-8-2-7-23-9-10-25)11-18(22)20(19)27-14-15-3-5-17(21)6-4-15/h3-6,11-12,23-25H,2,7-10,13-14H2,1H3. The number of aliphatic hydroxyl groups is 1. The van der Waals surface area contributed by atoms with E-state index < -0.39 is 0 Å². The maximum absolute atomic E-state index is 8.71. The van der Waals surface area contributed by atoms with Crippen molar-refractivity contribution in [3.63, 3.8) is 0 Å². The smallest absolute Gasteiger partial charge is 0.180 e. The molecule has 0 atom stereocenters. The summed E-state index contributed by atoms with van der Waals surface area (Å²) in [7, 11) is 1.60. The zero-order valence-corrected chi connectivity index (χ0v) is 16.9. The largest absolute Gasteiger partial charge is 0.493 e. The van der Waals surface area contributed by atoms with E-state index in [1.54, 1.807) is 7.11 Å². The molecule has 7 heteroatoms. The molecular formula is C20H26Cl2N2O3. The first-order valence-electron chi connectivity index (χ1n) is 8.90. The van der Waals surface area contributed by atoms with Crippen molar-refractivity contribution in [3.05, 3.63) is 57.6 Å². The molecule has 0 saturated carbocycles. The van der Waals surface area contributed by atoms with Crippen LogP contribution in [0.3, 0.4) is 0 Å². The molecule has 0 aliphatic rings. The molecule has 5 nitrogen and oxygen atoms in total. The molecule has 0 aliphatic heterocycles. The molecule has 0 aromatic heterocycles. The van der Waals surface area contributed by atoms with E-state index in [9.17, 15) is 0 Å². The summed E-state index contributed by atoms with van der Waals surface area (Å²) in [6.45, 7) is 3.60. The van der Waals surface area contributed by atoms with E-state index in [4.69, 9.17) is 37.8 Å². The van der Waals surface area contributed by atoms with Gasteiger partial charge in [0, 0.05) is 18.1 Å². The van der Waals surface area contributed by atoms with Crippen LogP contribution in [0.25, 0.3) is 0 Å². The number of rotatable bonds is 12. The van der Waals surface area contributed by atoms with Gasteiger partial charge in [-0.2, -0.15) is 0 Å². The van der Waals surface area contributed by atoms with E-state index in [0.717, 1.165) is 30.6 Å². The fourth-order valence-corrected chi connectivity index (χ4v) is 2.94. The minimum atomic E-state index is 0.165. The second-order valence-electron chi connectivity index (χ2n) is 6.03. The zero-order valence-electron chi connectivity index (χ0n) is 15.4. The minimum Gasteiger partial charge on any atom is -0.493 e. The molecule has 0 fully saturated rings. The Balaban J connectivity index is 1.88. The lowest BCUT2D eigenvalue weighted by molar-refractivity contribution is 0.284. The molecule has 0 heterocycles. The number of nitrogens with one attached hydrogen (secondary N) is 2. The maximum atomic E-state index is 8.71. The van der Waals surface area contributed by atoms with Crippen LogP contribution in [0.15, 0.2) is 36.4 Å². The van der Waals surface area contributed by atoms with Crippen LogP contribution in [0.1, 0.15) is 17.5 Å². The first-order valence-corrected chi connectivity index (χ1v) is 9.65. The lowest BCUT2D eigenvalue weighted by Gasteiger charge is -2.15. The van der Waals surface area contributed by atoms with Crippen LogP contribution >= 0.6 is 23.2 Å². The van der Waals surface area contributed by atoms with E-state index in [0.29, 0.717) is 41.2 Å². The van der Waals surface area contributed by atoms with Crippen LogP contribution in [0, 0.1) is 0 Å². The Hall–Kier alpha value is -1.50. The third-order valence-electron chi connectivity index (χ3n) is 3.91. The van der Waals surface area contributed by atoms with Gasteiger partial charge in [0.05, 0.1) is 18.7 Å². The van der Waals surface area contributed by atoms with Crippen LogP contribution in [-0.2, 0) is 13.2 Å². The molecule has 0 saturated heterocycles. The molecule has 27 heavy (non-hydrogen) atoms. The van der Waals surface area contributed by atoms with Gasteiger partial charge in [-0.1, -0.05) is 35.3 Å². The number of benzene rings is 2. The molecule has 2 aromatic carbocycles. The molecule has 2 aromatic rings. The number of hydrogen-bond acceptors (Lipinski definition) is 5. The van der Waals surface area contributed by atoms with E-state index in [1.807, 2.05) is 36.4 Å². The molecule has 0 aliphatic carbocycles. The summed E-state index contributed by atoms with van der Waals surface area (Å²) in [5.41, 5.74) is 2.03. The average Bonchev–Trinajstić information content (AvgIpc) is 2.67. The summed E-state index contributed by atoms with van der Waals surface area (Å²) in [4.78, 5) is 0. The van der Waals surface area contributed by atoms with Gasteiger partial charge in [-0.3, -0.25) is 0 Å². The van der Waals surface area contributed by atoms with Gasteiger partial charge in [-0.05, 0) is 54.9 Å². The first-order chi connectivity index (χ1) is 13.1. The molecule has 0 bridgehead atoms. The van der Waals surface area contributed by atoms with Gasteiger partial charge in [-0.15, -0.1) is 0 Å². The van der Waals surface area contributed by atoms with Gasteiger partial charge < -0.3 is 25.2 Å². The van der Waals surface area contributed by atoms with E-state index >= 15 is 0 Å². The molecule has 2 rings (SSSR count). The normalized spacial score (nSPS) is 10.8. The number of halogens is 2. The van der Waals surface area contributed by atoms with Crippen molar-refractivity contribution in [1.82, 2.24) is 10.6 Å². The lowest BCUT2D eigenvalue weighted by atomic mass is 10.2. The highest BCUT2D eigenvalue weighted by Crippen LogP contribution is 2.37. The summed E-state index contributed by atoms with van der Waals surface area (Å²) >= 11 is 12.3. The first kappa shape index (κ1) is 21.8. The van der Waals surface area contributed by atoms with Gasteiger partial charge in [0.25, 0.3) is 0 Å². The van der Waals surface area contributed by atoms with Crippen molar-refractivity contribution >= 4 is 23.2 Å². The lowest BCUT2D eigenvalue weighted by Crippen LogP contribution is -2.23. The summed E-state index contributed by atoms with van der Waals surface area (Å²) in [6.07, 6.45) is 0.979. The van der Waals surface area contributed by atoms with Gasteiger partial charge in [0.1, 0.15) is 6.61 Å². The Morgan fingerprint density at radius 3 is 2.41 bits per heavy atom. The van der Waals surface area contributed by atoms with E-state index in [2.05, 4.69) is 10.6 Å². The van der Waals surface area contributed by atoms with Crippen molar-refractivity contribution in [2.24, 2.45) is 0 Å². The molecule has 3 N–H and O–H groups in total. The van der Waals surface area contributed by atoms with Crippen molar-refractivity contribution in [2.75, 3.05) is 33.4 Å². The number of ether oxygens (including phenoxy) is 2. The molecule has 148 valence electrons. The predicted molar refractivity (Wildman–Crippen MR) is 110 cm³/mol. The molecule has 0 radical (unpaired) electrons. The van der Waals surface area contributed by atoms with E-state index in [-0.39, 0.29) is 6.61 Å². The Morgan fingerprint density at radius 2 is 1.70 bits per heavy atom. The van der Waals surface area contributed by atoms with Crippen LogP contribution in [0.2, 0.25) is 10.0 Å². The number of hydrogen-bond donors (Lipinski definition) is 3. The molecule has 0 spiro atoms. The Kier molecular flexibility index (Phi) is 9.73. The van der Waals surface area contributed by atoms with Crippen molar-refractivity contribution in [2.45, 2.75) is 19.6 Å². The summed E-state index contributed by atoms with van der Waals surface area (Å²) in [5, 5.41) is 16.4. The fraction of sp³-hybridized carbons (Fsp3) is 0.400. The monoisotopic (exact) mass is 412 g/mol. The molecule has 0 unspecified atom stereocenters. The average molecular weight is 413 g/mol. The summed E-state index contributed by atoms with van der Waals surface area (Å²) < 4.78 is 11.3. The third-order valence-corrected chi connectivity index (χ3v) is 4.44. The van der Waals surface area contributed by atoms with Crippen LogP contribution in [-0.4, -0.2) is 38.5 Å². The third kappa shape index (κ3) is 7.56. The SMILES string of the molecule is COc1cc(CNCCCNCCO)cc(Cl)c1OCc1ccc(Cl)cc1. The van der Waals surface area contributed by atoms with Gasteiger partial charge in [0.2, 0.25) is 0 Å². The summed E-state index contributed by atoms with van der Waals surface area (Å²) in [6, 6.07) is 11.3. The molecule has 0 amide bonds. The highest BCUT2D eigenvalue weighted by molar-refractivity contribution is 6.32. The van der Waals surface area contributed by atoms with Gasteiger partial charge in [0.15, 0.2) is 11.5 Å². The number of methoxy groups -OCH3 is 1. The van der Waals surface area contributed by atoms with Crippen LogP contribution in [0.4, 0.5) is 0 Å². The van der Waals surface area contributed by atoms with Crippen molar-refractivity contribution in [3.8, 4) is 11.5 Å². The topological polar surface area (TPSA) is 62.8 Å². The predicted octanol–water partition coefficient (Wildman–Crippen LogP) is 3.64. The van der Waals surface area contributed by atoms with E-state index in [1.165, 1.54) is 0 Å². The van der Waals surface area contributed by atoms with Crippen LogP contribution < -0.4 is 20.1 Å². The Morgan fingerprint density at radius 1 is 0.963 bits per heavy atom. The minimum absolute atomic E-state index is 0.165. The highest BCUT2D eigenvalue weighted by Gasteiger charge is 2.12. The summed E-state index contributed by atoms with van der Waals surface area (Å²) in [5.74, 6) is 1.14. The van der Waals surface area contributed by atoms with Crippen molar-refractivity contribution < 1.29 is 14.6 Å². The quantitative estimate of drug-likeness (QED) is 0.464. The zero-order chi connectivity index (χ0) is 19.5. The van der Waals surface area contributed by atoms with Crippen molar-refractivity contribution in [1.29, 1.82) is 0 Å². The second-order valence-corrected chi connectivity index (χ2v) is 6.87. The van der Waals surface area contributed by atoms with Gasteiger partial charge >= 0.3 is 0 Å². The number of aliphatic hydroxyl groups excluding tert-OH is 1. The second kappa shape index (κ2) is 12.1. The Labute approximate surface area is 170 Å².